The highest BCUT2D eigenvalue weighted by molar-refractivity contribution is 7.93. The number of amides is 2. The number of carboxylic acid groups (broad SMARTS) is 1. The number of carbonyl (C=O) groups is 3. The fourth-order valence-electron chi connectivity index (χ4n) is 2.93. The minimum absolute atomic E-state index is 0.0778. The van der Waals surface area contributed by atoms with E-state index in [9.17, 15) is 27.9 Å². The van der Waals surface area contributed by atoms with Gasteiger partial charge in [-0.05, 0) is 23.5 Å². The van der Waals surface area contributed by atoms with Crippen LogP contribution in [0.25, 0.3) is 0 Å². The molecule has 2 aromatic carbocycles. The standard InChI is InChI=1S/C23H28N2O5.C3H6O2S/c1-16(2)13-19(25-23(29)30-15-18-11-7-4-8-12-18)21(26)24-20(22(27)28)14-17-9-5-3-6-10-17;1-3-6(2,4)5/h3-12,16,19-20H,13-15H2,1-2H3,(H,24,26)(H,25,29)(H,27,28);3H,1H2,2H3/t19-,20-;/m0./s1. The van der Waals surface area contributed by atoms with Crippen molar-refractivity contribution in [3.05, 3.63) is 83.8 Å². The lowest BCUT2D eigenvalue weighted by atomic mass is 10.0. The zero-order valence-electron chi connectivity index (χ0n) is 20.7. The number of carbonyl (C=O) groups excluding carboxylic acids is 2. The minimum atomic E-state index is -2.90. The predicted molar refractivity (Wildman–Crippen MR) is 138 cm³/mol. The van der Waals surface area contributed by atoms with Crippen LogP contribution in [0.5, 0.6) is 0 Å². The van der Waals surface area contributed by atoms with Gasteiger partial charge in [-0.25, -0.2) is 18.0 Å². The molecule has 0 bridgehead atoms. The van der Waals surface area contributed by atoms with Crippen molar-refractivity contribution in [1.82, 2.24) is 10.6 Å². The summed E-state index contributed by atoms with van der Waals surface area (Å²) in [6, 6.07) is 16.2. The monoisotopic (exact) mass is 518 g/mol. The summed E-state index contributed by atoms with van der Waals surface area (Å²) in [5.41, 5.74) is 1.62. The van der Waals surface area contributed by atoms with Crippen LogP contribution < -0.4 is 10.6 Å². The fraction of sp³-hybridized carbons (Fsp3) is 0.346. The van der Waals surface area contributed by atoms with Gasteiger partial charge in [-0.3, -0.25) is 4.79 Å². The maximum Gasteiger partial charge on any atom is 0.408 e. The third-order valence-electron chi connectivity index (χ3n) is 4.73. The highest BCUT2D eigenvalue weighted by Gasteiger charge is 2.27. The number of hydrogen-bond acceptors (Lipinski definition) is 6. The second-order valence-corrected chi connectivity index (χ2v) is 10.5. The van der Waals surface area contributed by atoms with Crippen LogP contribution in [0.4, 0.5) is 4.79 Å². The van der Waals surface area contributed by atoms with Crippen molar-refractivity contribution in [2.24, 2.45) is 5.92 Å². The van der Waals surface area contributed by atoms with Gasteiger partial charge < -0.3 is 20.5 Å². The van der Waals surface area contributed by atoms with Crippen LogP contribution in [0.1, 0.15) is 31.4 Å². The molecule has 2 rings (SSSR count). The second-order valence-electron chi connectivity index (χ2n) is 8.47. The Labute approximate surface area is 212 Å². The molecule has 3 N–H and O–H groups in total. The molecule has 36 heavy (non-hydrogen) atoms. The lowest BCUT2D eigenvalue weighted by Crippen LogP contribution is -2.52. The molecule has 0 saturated carbocycles. The Bertz CT molecular complexity index is 1080. The van der Waals surface area contributed by atoms with E-state index in [2.05, 4.69) is 17.2 Å². The van der Waals surface area contributed by atoms with Gasteiger partial charge in [0.1, 0.15) is 18.7 Å². The van der Waals surface area contributed by atoms with E-state index in [0.29, 0.717) is 6.42 Å². The number of ether oxygens (including phenoxy) is 1. The summed E-state index contributed by atoms with van der Waals surface area (Å²) in [4.78, 5) is 36.6. The topological polar surface area (TPSA) is 139 Å². The Kier molecular flexibility index (Phi) is 13.0. The van der Waals surface area contributed by atoms with E-state index < -0.39 is 39.9 Å². The number of hydrogen-bond donors (Lipinski definition) is 3. The Hall–Kier alpha value is -3.66. The first-order valence-electron chi connectivity index (χ1n) is 11.3. The van der Waals surface area contributed by atoms with Gasteiger partial charge in [0.2, 0.25) is 5.91 Å². The first-order valence-corrected chi connectivity index (χ1v) is 13.2. The molecule has 2 atom stereocenters. The molecule has 0 aliphatic carbocycles. The van der Waals surface area contributed by atoms with E-state index in [0.717, 1.165) is 22.8 Å². The third-order valence-corrected chi connectivity index (χ3v) is 5.33. The average molecular weight is 519 g/mol. The number of alkyl carbamates (subject to hydrolysis) is 1. The van der Waals surface area contributed by atoms with E-state index in [1.165, 1.54) is 0 Å². The number of rotatable bonds is 11. The van der Waals surface area contributed by atoms with Crippen LogP contribution in [0.2, 0.25) is 0 Å². The van der Waals surface area contributed by atoms with Gasteiger partial charge >= 0.3 is 12.1 Å². The lowest BCUT2D eigenvalue weighted by Gasteiger charge is -2.22. The van der Waals surface area contributed by atoms with Gasteiger partial charge in [-0.15, -0.1) is 0 Å². The molecular weight excluding hydrogens is 484 g/mol. The van der Waals surface area contributed by atoms with E-state index in [-0.39, 0.29) is 18.9 Å². The van der Waals surface area contributed by atoms with Gasteiger partial charge in [0.05, 0.1) is 0 Å². The Morgan fingerprint density at radius 1 is 0.944 bits per heavy atom. The molecule has 9 nitrogen and oxygen atoms in total. The molecule has 0 spiro atoms. The molecular formula is C26H34N2O7S. The zero-order valence-corrected chi connectivity index (χ0v) is 21.5. The highest BCUT2D eigenvalue weighted by Crippen LogP contribution is 2.09. The van der Waals surface area contributed by atoms with Gasteiger partial charge in [-0.2, -0.15) is 0 Å². The van der Waals surface area contributed by atoms with Crippen molar-refractivity contribution in [3.63, 3.8) is 0 Å². The van der Waals surface area contributed by atoms with Crippen LogP contribution in [0, 0.1) is 5.92 Å². The van der Waals surface area contributed by atoms with Crippen molar-refractivity contribution >= 4 is 27.8 Å². The van der Waals surface area contributed by atoms with Gasteiger partial charge in [0.25, 0.3) is 0 Å². The maximum atomic E-state index is 12.7. The normalized spacial score (nSPS) is 12.3. The van der Waals surface area contributed by atoms with Crippen molar-refractivity contribution in [2.75, 3.05) is 6.26 Å². The summed E-state index contributed by atoms with van der Waals surface area (Å²) in [5.74, 6) is -1.58. The fourth-order valence-corrected chi connectivity index (χ4v) is 2.93. The van der Waals surface area contributed by atoms with E-state index in [1.807, 2.05) is 62.4 Å². The first-order chi connectivity index (χ1) is 16.9. The van der Waals surface area contributed by atoms with Crippen LogP contribution >= 0.6 is 0 Å². The largest absolute Gasteiger partial charge is 0.480 e. The SMILES string of the molecule is C=CS(C)(=O)=O.CC(C)C[C@H](NC(=O)OCc1ccccc1)C(=O)N[C@@H](Cc1ccccc1)C(=O)O. The molecule has 2 amide bonds. The molecule has 0 unspecified atom stereocenters. The molecule has 0 saturated heterocycles. The van der Waals surface area contributed by atoms with Crippen LogP contribution in [-0.4, -0.2) is 49.8 Å². The average Bonchev–Trinajstić information content (AvgIpc) is 2.82. The van der Waals surface area contributed by atoms with Gasteiger partial charge in [0.15, 0.2) is 9.84 Å². The van der Waals surface area contributed by atoms with Gasteiger partial charge in [-0.1, -0.05) is 81.1 Å². The van der Waals surface area contributed by atoms with E-state index in [4.69, 9.17) is 4.74 Å². The lowest BCUT2D eigenvalue weighted by molar-refractivity contribution is -0.142. The molecule has 0 aromatic heterocycles. The summed E-state index contributed by atoms with van der Waals surface area (Å²) >= 11 is 0. The molecule has 0 fully saturated rings. The number of benzene rings is 2. The van der Waals surface area contributed by atoms with E-state index >= 15 is 0 Å². The number of aliphatic carboxylic acids is 1. The molecule has 10 heteroatoms. The number of sulfone groups is 1. The van der Waals surface area contributed by atoms with E-state index in [1.54, 1.807) is 12.1 Å². The Balaban J connectivity index is 0.000000960. The zero-order chi connectivity index (χ0) is 27.1. The van der Waals surface area contributed by atoms with Crippen molar-refractivity contribution in [1.29, 1.82) is 0 Å². The number of carboxylic acids is 1. The summed E-state index contributed by atoms with van der Waals surface area (Å²) in [5, 5.41) is 15.5. The molecule has 0 heterocycles. The van der Waals surface area contributed by atoms with Crippen LogP contribution in [-0.2, 0) is 37.2 Å². The molecule has 2 aromatic rings. The molecule has 0 aliphatic heterocycles. The van der Waals surface area contributed by atoms with Crippen molar-refractivity contribution in [3.8, 4) is 0 Å². The summed E-state index contributed by atoms with van der Waals surface area (Å²) in [7, 11) is -2.90. The molecule has 0 radical (unpaired) electrons. The highest BCUT2D eigenvalue weighted by atomic mass is 32.2. The minimum Gasteiger partial charge on any atom is -0.480 e. The summed E-state index contributed by atoms with van der Waals surface area (Å²) < 4.78 is 25.0. The Morgan fingerprint density at radius 3 is 1.89 bits per heavy atom. The Morgan fingerprint density at radius 2 is 1.44 bits per heavy atom. The van der Waals surface area contributed by atoms with Gasteiger partial charge in [0, 0.05) is 18.1 Å². The quantitative estimate of drug-likeness (QED) is 0.415. The molecule has 0 aliphatic rings. The van der Waals surface area contributed by atoms with Crippen LogP contribution in [0.3, 0.4) is 0 Å². The smallest absolute Gasteiger partial charge is 0.408 e. The third kappa shape index (κ3) is 13.3. The second kappa shape index (κ2) is 15.4. The number of nitrogens with one attached hydrogen (secondary N) is 2. The first kappa shape index (κ1) is 30.4. The van der Waals surface area contributed by atoms with Crippen molar-refractivity contribution < 1.29 is 32.6 Å². The molecule has 196 valence electrons. The summed E-state index contributed by atoms with van der Waals surface area (Å²) in [6.45, 7) is 6.95. The predicted octanol–water partition coefficient (Wildman–Crippen LogP) is 3.31. The maximum absolute atomic E-state index is 12.7. The van der Waals surface area contributed by atoms with Crippen molar-refractivity contribution in [2.45, 2.75) is 45.4 Å². The van der Waals surface area contributed by atoms with Crippen LogP contribution in [0.15, 0.2) is 72.7 Å². The summed E-state index contributed by atoms with van der Waals surface area (Å²) in [6.07, 6.45) is 0.869.